The molecule has 0 N–H and O–H groups in total. The summed E-state index contributed by atoms with van der Waals surface area (Å²) in [5.74, 6) is 0.0181. The lowest BCUT2D eigenvalue weighted by Crippen LogP contribution is -2.36. The smallest absolute Gasteiger partial charge is 0.308 e. The molecule has 0 aromatic rings. The molecular formula is C13H19ClO4. The van der Waals surface area contributed by atoms with Gasteiger partial charge in [-0.15, -0.1) is 11.6 Å². The zero-order chi connectivity index (χ0) is 13.4. The topological polar surface area (TPSA) is 44.8 Å². The van der Waals surface area contributed by atoms with Crippen molar-refractivity contribution in [1.29, 1.82) is 0 Å². The van der Waals surface area contributed by atoms with Gasteiger partial charge in [-0.3, -0.25) is 4.79 Å². The van der Waals surface area contributed by atoms with E-state index in [1.165, 1.54) is 7.11 Å². The number of alkyl halides is 1. The van der Waals surface area contributed by atoms with Crippen molar-refractivity contribution in [3.63, 3.8) is 0 Å². The summed E-state index contributed by atoms with van der Waals surface area (Å²) >= 11 is 5.55. The Bertz CT molecular complexity index is 338. The van der Waals surface area contributed by atoms with Crippen LogP contribution in [0.3, 0.4) is 0 Å². The molecule has 0 spiro atoms. The maximum absolute atomic E-state index is 11.7. The minimum absolute atomic E-state index is 0.277. The molecule has 0 aromatic carbocycles. The van der Waals surface area contributed by atoms with E-state index in [9.17, 15) is 4.79 Å². The third kappa shape index (κ3) is 4.35. The quantitative estimate of drug-likeness (QED) is 0.310. The van der Waals surface area contributed by atoms with Gasteiger partial charge in [0.25, 0.3) is 0 Å². The van der Waals surface area contributed by atoms with E-state index in [4.69, 9.17) is 25.8 Å². The highest BCUT2D eigenvalue weighted by atomic mass is 35.5. The summed E-state index contributed by atoms with van der Waals surface area (Å²) in [4.78, 5) is 11.7. The molecule has 1 aliphatic rings. The molecule has 1 aliphatic carbocycles. The first kappa shape index (κ1) is 15.1. The fraction of sp³-hybridized carbons (Fsp3) is 0.615. The second kappa shape index (κ2) is 7.44. The first-order chi connectivity index (χ1) is 8.65. The molecule has 0 saturated carbocycles. The van der Waals surface area contributed by atoms with Crippen molar-refractivity contribution >= 4 is 17.6 Å². The van der Waals surface area contributed by atoms with Gasteiger partial charge in [-0.1, -0.05) is 0 Å². The molecule has 18 heavy (non-hydrogen) atoms. The van der Waals surface area contributed by atoms with Crippen LogP contribution in [0.15, 0.2) is 24.0 Å². The highest BCUT2D eigenvalue weighted by molar-refractivity contribution is 6.17. The van der Waals surface area contributed by atoms with Crippen LogP contribution in [0.5, 0.6) is 0 Å². The molecule has 0 saturated heterocycles. The van der Waals surface area contributed by atoms with Gasteiger partial charge in [0.2, 0.25) is 5.79 Å². The average Bonchev–Trinajstić information content (AvgIpc) is 2.40. The Morgan fingerprint density at radius 1 is 1.44 bits per heavy atom. The summed E-state index contributed by atoms with van der Waals surface area (Å²) in [7, 11) is 3.11. The molecule has 1 atom stereocenters. The molecule has 1 rings (SSSR count). The molecule has 4 nitrogen and oxygen atoms in total. The maximum atomic E-state index is 11.7. The summed E-state index contributed by atoms with van der Waals surface area (Å²) in [6, 6.07) is 0. The lowest BCUT2D eigenvalue weighted by molar-refractivity contribution is -0.200. The third-order valence-electron chi connectivity index (χ3n) is 2.72. The fourth-order valence-electron chi connectivity index (χ4n) is 1.62. The van der Waals surface area contributed by atoms with Crippen LogP contribution in [0.25, 0.3) is 0 Å². The van der Waals surface area contributed by atoms with Gasteiger partial charge in [0.1, 0.15) is 5.76 Å². The van der Waals surface area contributed by atoms with Crippen molar-refractivity contribution in [1.82, 2.24) is 0 Å². The summed E-state index contributed by atoms with van der Waals surface area (Å²) in [6.07, 6.45) is 7.60. The highest BCUT2D eigenvalue weighted by Crippen LogP contribution is 2.26. The minimum Gasteiger partial charge on any atom is -0.497 e. The second-order valence-electron chi connectivity index (χ2n) is 3.98. The molecule has 5 heteroatoms. The Labute approximate surface area is 113 Å². The number of carbonyl (C=O) groups is 1. The molecule has 0 aliphatic heterocycles. The van der Waals surface area contributed by atoms with Gasteiger partial charge in [0.05, 0.1) is 7.11 Å². The molecule has 1 unspecified atom stereocenters. The number of esters is 1. The van der Waals surface area contributed by atoms with E-state index in [0.717, 1.165) is 18.6 Å². The number of halogens is 1. The summed E-state index contributed by atoms with van der Waals surface area (Å²) < 4.78 is 15.7. The number of ether oxygens (including phenoxy) is 3. The number of methoxy groups -OCH3 is 2. The third-order valence-corrected chi connectivity index (χ3v) is 2.99. The number of hydrogen-bond donors (Lipinski definition) is 0. The Morgan fingerprint density at radius 3 is 2.72 bits per heavy atom. The van der Waals surface area contributed by atoms with Crippen LogP contribution in [0, 0.1) is 0 Å². The Balaban J connectivity index is 2.50. The molecule has 0 bridgehead atoms. The molecule has 0 amide bonds. The van der Waals surface area contributed by atoms with Gasteiger partial charge < -0.3 is 14.2 Å². The molecule has 0 radical (unpaired) electrons. The first-order valence-electron chi connectivity index (χ1n) is 5.92. The van der Waals surface area contributed by atoms with Gasteiger partial charge in [0.15, 0.2) is 0 Å². The van der Waals surface area contributed by atoms with Crippen molar-refractivity contribution in [2.45, 2.75) is 31.5 Å². The van der Waals surface area contributed by atoms with Crippen molar-refractivity contribution in [2.75, 3.05) is 20.1 Å². The summed E-state index contributed by atoms with van der Waals surface area (Å²) in [5.41, 5.74) is 0. The van der Waals surface area contributed by atoms with Crippen molar-refractivity contribution in [2.24, 2.45) is 0 Å². The van der Waals surface area contributed by atoms with Gasteiger partial charge in [-0.2, -0.15) is 0 Å². The van der Waals surface area contributed by atoms with E-state index in [-0.39, 0.29) is 5.97 Å². The number of hydrogen-bond acceptors (Lipinski definition) is 4. The van der Waals surface area contributed by atoms with Crippen molar-refractivity contribution < 1.29 is 19.0 Å². The first-order valence-corrected chi connectivity index (χ1v) is 6.45. The van der Waals surface area contributed by atoms with Crippen molar-refractivity contribution in [3.8, 4) is 0 Å². The Hall–Kier alpha value is -1.00. The van der Waals surface area contributed by atoms with Gasteiger partial charge >= 0.3 is 5.97 Å². The lowest BCUT2D eigenvalue weighted by atomic mass is 10.1. The van der Waals surface area contributed by atoms with E-state index < -0.39 is 5.79 Å². The Kier molecular flexibility index (Phi) is 6.22. The van der Waals surface area contributed by atoms with Gasteiger partial charge in [0, 0.05) is 25.8 Å². The lowest BCUT2D eigenvalue weighted by Gasteiger charge is -2.30. The SMILES string of the molecule is COC1=CCC(OC)(OC(=O)CCCCCl)C=C1. The zero-order valence-corrected chi connectivity index (χ0v) is 11.5. The number of rotatable bonds is 7. The molecular weight excluding hydrogens is 256 g/mol. The van der Waals surface area contributed by atoms with Crippen LogP contribution in [-0.2, 0) is 19.0 Å². The van der Waals surface area contributed by atoms with Crippen LogP contribution in [-0.4, -0.2) is 31.9 Å². The summed E-state index contributed by atoms with van der Waals surface area (Å²) in [5, 5.41) is 0. The van der Waals surface area contributed by atoms with Crippen LogP contribution in [0.1, 0.15) is 25.7 Å². The normalized spacial score (nSPS) is 22.5. The van der Waals surface area contributed by atoms with E-state index in [0.29, 0.717) is 18.7 Å². The number of allylic oxidation sites excluding steroid dienone is 1. The predicted molar refractivity (Wildman–Crippen MR) is 69.3 cm³/mol. The van der Waals surface area contributed by atoms with Crippen LogP contribution in [0.2, 0.25) is 0 Å². The van der Waals surface area contributed by atoms with E-state index in [1.807, 2.05) is 6.08 Å². The van der Waals surface area contributed by atoms with Crippen LogP contribution in [0.4, 0.5) is 0 Å². The molecule has 0 fully saturated rings. The minimum atomic E-state index is -1.000. The fourth-order valence-corrected chi connectivity index (χ4v) is 1.80. The largest absolute Gasteiger partial charge is 0.497 e. The number of carbonyl (C=O) groups excluding carboxylic acids is 1. The Morgan fingerprint density at radius 2 is 2.22 bits per heavy atom. The zero-order valence-electron chi connectivity index (χ0n) is 10.8. The molecule has 102 valence electrons. The molecule has 0 heterocycles. The van der Waals surface area contributed by atoms with Crippen LogP contribution >= 0.6 is 11.6 Å². The van der Waals surface area contributed by atoms with E-state index >= 15 is 0 Å². The van der Waals surface area contributed by atoms with Gasteiger partial charge in [-0.25, -0.2) is 0 Å². The monoisotopic (exact) mass is 274 g/mol. The predicted octanol–water partition coefficient (Wildman–Crippen LogP) is 2.77. The van der Waals surface area contributed by atoms with E-state index in [1.54, 1.807) is 19.3 Å². The van der Waals surface area contributed by atoms with Crippen LogP contribution < -0.4 is 0 Å². The van der Waals surface area contributed by atoms with E-state index in [2.05, 4.69) is 0 Å². The standard InChI is InChI=1S/C13H19ClO4/c1-16-11-6-8-13(17-2,9-7-11)18-12(15)5-3-4-10-14/h6-8H,3-5,9-10H2,1-2H3. The second-order valence-corrected chi connectivity index (χ2v) is 4.36. The number of unbranched alkanes of at least 4 members (excludes halogenated alkanes) is 1. The average molecular weight is 275 g/mol. The van der Waals surface area contributed by atoms with Gasteiger partial charge in [-0.05, 0) is 31.1 Å². The van der Waals surface area contributed by atoms with Crippen molar-refractivity contribution in [3.05, 3.63) is 24.0 Å². The maximum Gasteiger partial charge on any atom is 0.308 e. The molecule has 0 aromatic heterocycles. The highest BCUT2D eigenvalue weighted by Gasteiger charge is 2.32. The summed E-state index contributed by atoms with van der Waals surface area (Å²) in [6.45, 7) is 0.